The lowest BCUT2D eigenvalue weighted by Gasteiger charge is -2.12. The maximum Gasteiger partial charge on any atom is 0.191 e. The zero-order valence-electron chi connectivity index (χ0n) is 15.5. The summed E-state index contributed by atoms with van der Waals surface area (Å²) in [5.41, 5.74) is 3.94. The number of guanidine groups is 1. The highest BCUT2D eigenvalue weighted by Gasteiger charge is 2.01. The molecule has 0 aliphatic heterocycles. The second kappa shape index (κ2) is 11.9. The van der Waals surface area contributed by atoms with Gasteiger partial charge in [0.1, 0.15) is 0 Å². The molecule has 0 aliphatic rings. The summed E-state index contributed by atoms with van der Waals surface area (Å²) in [5, 5.41) is 10.9. The van der Waals surface area contributed by atoms with Crippen LogP contribution >= 0.6 is 24.0 Å². The van der Waals surface area contributed by atoms with Crippen molar-refractivity contribution in [3.05, 3.63) is 53.3 Å². The molecular formula is C19H30IN5. The summed E-state index contributed by atoms with van der Waals surface area (Å²) in [6.07, 6.45) is 7.13. The monoisotopic (exact) mass is 455 g/mol. The van der Waals surface area contributed by atoms with Gasteiger partial charge in [-0.3, -0.25) is 4.68 Å². The topological polar surface area (TPSA) is 54.2 Å². The zero-order chi connectivity index (χ0) is 17.2. The fourth-order valence-electron chi connectivity index (χ4n) is 2.66. The second-order valence-electron chi connectivity index (χ2n) is 5.87. The van der Waals surface area contributed by atoms with Crippen LogP contribution in [0.1, 0.15) is 37.0 Å². The van der Waals surface area contributed by atoms with Crippen LogP contribution in [-0.2, 0) is 26.4 Å². The Morgan fingerprint density at radius 1 is 1.16 bits per heavy atom. The molecule has 0 spiro atoms. The number of halogens is 1. The van der Waals surface area contributed by atoms with Crippen molar-refractivity contribution in [2.75, 3.05) is 13.1 Å². The number of hydrogen-bond donors (Lipinski definition) is 2. The molecule has 0 radical (unpaired) electrons. The Morgan fingerprint density at radius 2 is 1.92 bits per heavy atom. The van der Waals surface area contributed by atoms with Gasteiger partial charge in [0.2, 0.25) is 0 Å². The Balaban J connectivity index is 0.00000312. The number of aliphatic imine (C=N–C) groups is 1. The number of aryl methyl sites for hydroxylation is 3. The standard InChI is InChI=1S/C19H29N5.HI/c1-4-17-10-6-7-11-18(17)14-22-19(20-5-2)21-12-8-9-16-13-23-24(3)15-16;/h6-7,10-11,13,15H,4-5,8-9,12,14H2,1-3H3,(H2,20,21,22);1H. The minimum Gasteiger partial charge on any atom is -0.357 e. The van der Waals surface area contributed by atoms with Gasteiger partial charge >= 0.3 is 0 Å². The van der Waals surface area contributed by atoms with Crippen molar-refractivity contribution < 1.29 is 0 Å². The highest BCUT2D eigenvalue weighted by Crippen LogP contribution is 2.10. The summed E-state index contributed by atoms with van der Waals surface area (Å²) >= 11 is 0. The number of hydrogen-bond acceptors (Lipinski definition) is 2. The van der Waals surface area contributed by atoms with E-state index >= 15 is 0 Å². The molecule has 0 aliphatic carbocycles. The molecule has 0 saturated carbocycles. The average molecular weight is 455 g/mol. The number of aromatic nitrogens is 2. The number of benzene rings is 1. The Bertz CT molecular complexity index is 651. The van der Waals surface area contributed by atoms with E-state index in [1.807, 2.05) is 17.9 Å². The Hall–Kier alpha value is -1.57. The van der Waals surface area contributed by atoms with Gasteiger partial charge in [0, 0.05) is 26.3 Å². The summed E-state index contributed by atoms with van der Waals surface area (Å²) in [7, 11) is 1.95. The van der Waals surface area contributed by atoms with Gasteiger partial charge in [0.25, 0.3) is 0 Å². The van der Waals surface area contributed by atoms with E-state index in [9.17, 15) is 0 Å². The van der Waals surface area contributed by atoms with E-state index in [1.165, 1.54) is 16.7 Å². The zero-order valence-corrected chi connectivity index (χ0v) is 17.8. The summed E-state index contributed by atoms with van der Waals surface area (Å²) < 4.78 is 1.85. The van der Waals surface area contributed by atoms with Crippen LogP contribution in [0.2, 0.25) is 0 Å². The Labute approximate surface area is 168 Å². The highest BCUT2D eigenvalue weighted by atomic mass is 127. The summed E-state index contributed by atoms with van der Waals surface area (Å²) in [6, 6.07) is 8.51. The molecule has 5 nitrogen and oxygen atoms in total. The van der Waals surface area contributed by atoms with Crippen LogP contribution in [-0.4, -0.2) is 28.8 Å². The van der Waals surface area contributed by atoms with E-state index in [1.54, 1.807) is 0 Å². The summed E-state index contributed by atoms with van der Waals surface area (Å²) in [4.78, 5) is 4.72. The third kappa shape index (κ3) is 7.46. The van der Waals surface area contributed by atoms with E-state index < -0.39 is 0 Å². The molecule has 1 heterocycles. The Kier molecular flexibility index (Phi) is 10.2. The first kappa shape index (κ1) is 21.5. The molecule has 2 rings (SSSR count). The van der Waals surface area contributed by atoms with Gasteiger partial charge in [-0.1, -0.05) is 31.2 Å². The van der Waals surface area contributed by atoms with Crippen molar-refractivity contribution in [1.29, 1.82) is 0 Å². The molecule has 0 saturated heterocycles. The normalized spacial score (nSPS) is 11.1. The first-order valence-electron chi connectivity index (χ1n) is 8.79. The molecule has 0 fully saturated rings. The maximum absolute atomic E-state index is 4.72. The number of nitrogens with one attached hydrogen (secondary N) is 2. The lowest BCUT2D eigenvalue weighted by molar-refractivity contribution is 0.740. The molecule has 1 aromatic heterocycles. The molecule has 0 bridgehead atoms. The van der Waals surface area contributed by atoms with Crippen LogP contribution in [0.3, 0.4) is 0 Å². The van der Waals surface area contributed by atoms with Crippen molar-refractivity contribution in [3.8, 4) is 0 Å². The van der Waals surface area contributed by atoms with E-state index in [2.05, 4.69) is 60.0 Å². The first-order chi connectivity index (χ1) is 11.7. The van der Waals surface area contributed by atoms with Crippen molar-refractivity contribution in [3.63, 3.8) is 0 Å². The number of rotatable bonds is 8. The lowest BCUT2D eigenvalue weighted by Crippen LogP contribution is -2.37. The van der Waals surface area contributed by atoms with Gasteiger partial charge in [-0.05, 0) is 42.9 Å². The first-order valence-corrected chi connectivity index (χ1v) is 8.79. The van der Waals surface area contributed by atoms with Gasteiger partial charge in [-0.25, -0.2) is 4.99 Å². The second-order valence-corrected chi connectivity index (χ2v) is 5.87. The van der Waals surface area contributed by atoms with E-state index in [0.29, 0.717) is 6.54 Å². The summed E-state index contributed by atoms with van der Waals surface area (Å²) in [5.74, 6) is 0.884. The molecule has 6 heteroatoms. The molecule has 2 N–H and O–H groups in total. The van der Waals surface area contributed by atoms with Crippen LogP contribution in [0.15, 0.2) is 41.7 Å². The van der Waals surface area contributed by atoms with Gasteiger partial charge in [-0.15, -0.1) is 24.0 Å². The fourth-order valence-corrected chi connectivity index (χ4v) is 2.66. The van der Waals surface area contributed by atoms with E-state index in [4.69, 9.17) is 4.99 Å². The van der Waals surface area contributed by atoms with Crippen LogP contribution in [0.5, 0.6) is 0 Å². The van der Waals surface area contributed by atoms with Crippen LogP contribution in [0.4, 0.5) is 0 Å². The van der Waals surface area contributed by atoms with E-state index in [0.717, 1.165) is 38.3 Å². The third-order valence-corrected chi connectivity index (χ3v) is 3.94. The van der Waals surface area contributed by atoms with E-state index in [-0.39, 0.29) is 24.0 Å². The minimum atomic E-state index is 0. The molecule has 0 atom stereocenters. The molecule has 0 unspecified atom stereocenters. The highest BCUT2D eigenvalue weighted by molar-refractivity contribution is 14.0. The Morgan fingerprint density at radius 3 is 2.56 bits per heavy atom. The van der Waals surface area contributed by atoms with Crippen molar-refractivity contribution in [2.24, 2.45) is 12.0 Å². The van der Waals surface area contributed by atoms with Crippen molar-refractivity contribution in [2.45, 2.75) is 39.7 Å². The van der Waals surface area contributed by atoms with Crippen molar-refractivity contribution in [1.82, 2.24) is 20.4 Å². The largest absolute Gasteiger partial charge is 0.357 e. The van der Waals surface area contributed by atoms with Gasteiger partial charge in [0.15, 0.2) is 5.96 Å². The van der Waals surface area contributed by atoms with Gasteiger partial charge in [0.05, 0.1) is 12.7 Å². The molecule has 2 aromatic rings. The van der Waals surface area contributed by atoms with Crippen LogP contribution in [0, 0.1) is 0 Å². The predicted molar refractivity (Wildman–Crippen MR) is 116 cm³/mol. The SMILES string of the molecule is CCNC(=NCc1ccccc1CC)NCCCc1cnn(C)c1.I. The van der Waals surface area contributed by atoms with Crippen LogP contribution < -0.4 is 10.6 Å². The molecule has 1 aromatic carbocycles. The smallest absolute Gasteiger partial charge is 0.191 e. The average Bonchev–Trinajstić information content (AvgIpc) is 3.02. The van der Waals surface area contributed by atoms with Crippen molar-refractivity contribution >= 4 is 29.9 Å². The minimum absolute atomic E-state index is 0. The van der Waals surface area contributed by atoms with Gasteiger partial charge < -0.3 is 10.6 Å². The van der Waals surface area contributed by atoms with Gasteiger partial charge in [-0.2, -0.15) is 5.10 Å². The quantitative estimate of drug-likeness (QED) is 0.278. The maximum atomic E-state index is 4.72. The fraction of sp³-hybridized carbons (Fsp3) is 0.474. The molecular weight excluding hydrogens is 425 g/mol. The molecule has 25 heavy (non-hydrogen) atoms. The number of nitrogens with zero attached hydrogens (tertiary/aromatic N) is 3. The predicted octanol–water partition coefficient (Wildman–Crippen LogP) is 3.29. The third-order valence-electron chi connectivity index (χ3n) is 3.94. The summed E-state index contributed by atoms with van der Waals surface area (Å²) in [6.45, 7) is 6.75. The van der Waals surface area contributed by atoms with Crippen LogP contribution in [0.25, 0.3) is 0 Å². The lowest BCUT2D eigenvalue weighted by atomic mass is 10.1. The molecule has 138 valence electrons. The molecule has 0 amide bonds.